The summed E-state index contributed by atoms with van der Waals surface area (Å²) >= 11 is 0. The third kappa shape index (κ3) is 4.55. The van der Waals surface area contributed by atoms with E-state index in [0.29, 0.717) is 0 Å². The molecular weight excluding hydrogens is 514 g/mol. The Bertz CT molecular complexity index is 1920. The first kappa shape index (κ1) is 25.6. The summed E-state index contributed by atoms with van der Waals surface area (Å²) in [5, 5.41) is 4.86. The van der Waals surface area contributed by atoms with Crippen molar-refractivity contribution in [3.05, 3.63) is 140 Å². The Morgan fingerprint density at radius 1 is 0.405 bits per heavy atom. The van der Waals surface area contributed by atoms with Crippen LogP contribution in [0.15, 0.2) is 140 Å². The average Bonchev–Trinajstić information content (AvgIpc) is 3.07. The molecule has 0 bridgehead atoms. The second-order valence-electron chi connectivity index (χ2n) is 10.3. The van der Waals surface area contributed by atoms with Crippen molar-refractivity contribution in [2.24, 2.45) is 0 Å². The highest BCUT2D eigenvalue weighted by molar-refractivity contribution is 5.98. The molecule has 0 fully saturated rings. The van der Waals surface area contributed by atoms with Crippen LogP contribution in [-0.2, 0) is 0 Å². The highest BCUT2D eigenvalue weighted by atomic mass is 16.5. The Morgan fingerprint density at radius 2 is 0.833 bits per heavy atom. The molecule has 3 heteroatoms. The Kier molecular flexibility index (Phi) is 6.61. The van der Waals surface area contributed by atoms with Crippen LogP contribution in [0.4, 0.5) is 0 Å². The van der Waals surface area contributed by atoms with E-state index in [2.05, 4.69) is 109 Å². The minimum absolute atomic E-state index is 0.778. The molecule has 1 aromatic heterocycles. The zero-order chi connectivity index (χ0) is 28.5. The van der Waals surface area contributed by atoms with E-state index in [1.54, 1.807) is 14.2 Å². The van der Waals surface area contributed by atoms with E-state index in [1.807, 2.05) is 30.3 Å². The number of pyridine rings is 1. The van der Waals surface area contributed by atoms with Crippen LogP contribution < -0.4 is 9.47 Å². The first-order valence-electron chi connectivity index (χ1n) is 14.0. The molecule has 1 heterocycles. The van der Waals surface area contributed by atoms with Gasteiger partial charge < -0.3 is 9.47 Å². The van der Waals surface area contributed by atoms with Gasteiger partial charge in [-0.3, -0.25) is 0 Å². The molecule has 0 saturated carbocycles. The minimum atomic E-state index is 0.778. The van der Waals surface area contributed by atoms with Crippen molar-refractivity contribution < 1.29 is 9.47 Å². The number of rotatable bonds is 6. The maximum Gasteiger partial charge on any atom is 0.128 e. The number of nitrogens with zero attached hydrogens (tertiary/aromatic N) is 1. The molecule has 0 N–H and O–H groups in total. The molecular formula is C39H29NO2. The summed E-state index contributed by atoms with van der Waals surface area (Å²) < 4.78 is 11.6. The van der Waals surface area contributed by atoms with Crippen molar-refractivity contribution in [1.29, 1.82) is 0 Å². The Hall–Kier alpha value is -5.41. The van der Waals surface area contributed by atoms with Crippen molar-refractivity contribution in [3.63, 3.8) is 0 Å². The fourth-order valence-corrected chi connectivity index (χ4v) is 5.84. The summed E-state index contributed by atoms with van der Waals surface area (Å²) in [4.78, 5) is 5.16. The second-order valence-corrected chi connectivity index (χ2v) is 10.3. The van der Waals surface area contributed by atoms with E-state index < -0.39 is 0 Å². The second kappa shape index (κ2) is 10.9. The lowest BCUT2D eigenvalue weighted by molar-refractivity contribution is 0.416. The smallest absolute Gasteiger partial charge is 0.128 e. The van der Waals surface area contributed by atoms with Gasteiger partial charge in [0.1, 0.15) is 11.5 Å². The molecule has 0 aliphatic carbocycles. The van der Waals surface area contributed by atoms with Crippen molar-refractivity contribution in [1.82, 2.24) is 4.98 Å². The Morgan fingerprint density at radius 3 is 1.31 bits per heavy atom. The first-order chi connectivity index (χ1) is 20.7. The van der Waals surface area contributed by atoms with Gasteiger partial charge in [-0.05, 0) is 80.2 Å². The summed E-state index contributed by atoms with van der Waals surface area (Å²) in [6.45, 7) is 0. The van der Waals surface area contributed by atoms with Crippen molar-refractivity contribution in [2.75, 3.05) is 14.2 Å². The van der Waals surface area contributed by atoms with E-state index in [1.165, 1.54) is 32.7 Å². The predicted octanol–water partition coefficient (Wildman–Crippen LogP) is 10.1. The van der Waals surface area contributed by atoms with Crippen LogP contribution in [0.3, 0.4) is 0 Å². The quantitative estimate of drug-likeness (QED) is 0.209. The number of fused-ring (bicyclic) bond motifs is 2. The maximum absolute atomic E-state index is 5.82. The average molecular weight is 544 g/mol. The fourth-order valence-electron chi connectivity index (χ4n) is 5.84. The molecule has 0 radical (unpaired) electrons. The van der Waals surface area contributed by atoms with Gasteiger partial charge in [0.25, 0.3) is 0 Å². The lowest BCUT2D eigenvalue weighted by Gasteiger charge is -2.15. The van der Waals surface area contributed by atoms with Gasteiger partial charge in [-0.15, -0.1) is 0 Å². The van der Waals surface area contributed by atoms with Crippen molar-refractivity contribution >= 4 is 21.5 Å². The van der Waals surface area contributed by atoms with Gasteiger partial charge in [0.2, 0.25) is 0 Å². The molecule has 0 spiro atoms. The van der Waals surface area contributed by atoms with Gasteiger partial charge in [-0.1, -0.05) is 103 Å². The van der Waals surface area contributed by atoms with Gasteiger partial charge in [-0.2, -0.15) is 0 Å². The summed E-state index contributed by atoms with van der Waals surface area (Å²) in [6.07, 6.45) is 0. The monoisotopic (exact) mass is 543 g/mol. The molecule has 6 aromatic carbocycles. The molecule has 3 nitrogen and oxygen atoms in total. The standard InChI is InChI=1S/C39H29NO2/c1-41-38-22-20-28(32-16-7-12-26-10-3-5-14-30(26)32)24-34(38)36-18-9-19-37(40-36)35-25-29(21-23-39(35)42-2)33-17-8-13-27-11-4-6-15-31(27)33/h3-25H,1-2H3. The summed E-state index contributed by atoms with van der Waals surface area (Å²) in [6, 6.07) is 48.6. The lowest BCUT2D eigenvalue weighted by Crippen LogP contribution is -1.95. The summed E-state index contributed by atoms with van der Waals surface area (Å²) in [7, 11) is 3.41. The highest BCUT2D eigenvalue weighted by Gasteiger charge is 2.15. The highest BCUT2D eigenvalue weighted by Crippen LogP contribution is 2.39. The van der Waals surface area contributed by atoms with Crippen molar-refractivity contribution in [3.8, 4) is 56.3 Å². The summed E-state index contributed by atoms with van der Waals surface area (Å²) in [5.74, 6) is 1.56. The molecule has 42 heavy (non-hydrogen) atoms. The molecule has 0 aliphatic heterocycles. The van der Waals surface area contributed by atoms with Crippen LogP contribution in [0.25, 0.3) is 66.3 Å². The topological polar surface area (TPSA) is 31.4 Å². The van der Waals surface area contributed by atoms with E-state index in [0.717, 1.165) is 45.1 Å². The van der Waals surface area contributed by atoms with Crippen LogP contribution >= 0.6 is 0 Å². The number of methoxy groups -OCH3 is 2. The molecule has 0 atom stereocenters. The normalized spacial score (nSPS) is 11.1. The van der Waals surface area contributed by atoms with Gasteiger partial charge in [-0.25, -0.2) is 4.98 Å². The van der Waals surface area contributed by atoms with E-state index in [9.17, 15) is 0 Å². The molecule has 0 amide bonds. The first-order valence-corrected chi connectivity index (χ1v) is 14.0. The molecule has 202 valence electrons. The maximum atomic E-state index is 5.82. The lowest BCUT2D eigenvalue weighted by atomic mass is 9.95. The van der Waals surface area contributed by atoms with E-state index in [4.69, 9.17) is 14.5 Å². The van der Waals surface area contributed by atoms with Crippen LogP contribution in [0.5, 0.6) is 11.5 Å². The van der Waals surface area contributed by atoms with Crippen molar-refractivity contribution in [2.45, 2.75) is 0 Å². The number of ether oxygens (including phenoxy) is 2. The van der Waals surface area contributed by atoms with Gasteiger partial charge >= 0.3 is 0 Å². The molecule has 0 saturated heterocycles. The van der Waals surface area contributed by atoms with E-state index in [-0.39, 0.29) is 0 Å². The fraction of sp³-hybridized carbons (Fsp3) is 0.0513. The van der Waals surface area contributed by atoms with Crippen LogP contribution in [0.1, 0.15) is 0 Å². The number of aromatic nitrogens is 1. The third-order valence-electron chi connectivity index (χ3n) is 7.90. The predicted molar refractivity (Wildman–Crippen MR) is 174 cm³/mol. The van der Waals surface area contributed by atoms with Gasteiger partial charge in [0.15, 0.2) is 0 Å². The van der Waals surface area contributed by atoms with Gasteiger partial charge in [0.05, 0.1) is 25.6 Å². The zero-order valence-electron chi connectivity index (χ0n) is 23.5. The van der Waals surface area contributed by atoms with E-state index >= 15 is 0 Å². The Balaban J connectivity index is 1.35. The number of hydrogen-bond acceptors (Lipinski definition) is 3. The summed E-state index contributed by atoms with van der Waals surface area (Å²) in [5.41, 5.74) is 8.14. The zero-order valence-corrected chi connectivity index (χ0v) is 23.5. The van der Waals surface area contributed by atoms with Crippen LogP contribution in [0.2, 0.25) is 0 Å². The minimum Gasteiger partial charge on any atom is -0.496 e. The number of hydrogen-bond donors (Lipinski definition) is 0. The molecule has 0 aliphatic rings. The Labute approximate surface area is 245 Å². The van der Waals surface area contributed by atoms with Crippen LogP contribution in [-0.4, -0.2) is 19.2 Å². The molecule has 7 rings (SSSR count). The van der Waals surface area contributed by atoms with Gasteiger partial charge in [0, 0.05) is 11.1 Å². The van der Waals surface area contributed by atoms with Crippen LogP contribution in [0, 0.1) is 0 Å². The molecule has 0 unspecified atom stereocenters. The SMILES string of the molecule is COc1ccc(-c2cccc3ccccc23)cc1-c1cccc(-c2cc(-c3cccc4ccccc34)ccc2OC)n1. The third-order valence-corrected chi connectivity index (χ3v) is 7.90. The molecule has 7 aromatic rings. The largest absolute Gasteiger partial charge is 0.496 e. The number of benzene rings is 6.